The summed E-state index contributed by atoms with van der Waals surface area (Å²) in [6.45, 7) is 5.96. The molecule has 0 aromatic carbocycles. The highest BCUT2D eigenvalue weighted by atomic mass is 31.0. The van der Waals surface area contributed by atoms with Crippen molar-refractivity contribution in [1.29, 1.82) is 0 Å². The fraction of sp³-hybridized carbons (Fsp3) is 0.833. The zero-order chi connectivity index (χ0) is 8.57. The highest BCUT2D eigenvalue weighted by molar-refractivity contribution is 7.00. The van der Waals surface area contributed by atoms with E-state index in [4.69, 9.17) is 4.57 Å². The van der Waals surface area contributed by atoms with Gasteiger partial charge in [-0.05, 0) is 5.92 Å². The predicted molar refractivity (Wildman–Crippen MR) is 41.9 cm³/mol. The Morgan fingerprint density at radius 2 is 1.90 bits per heavy atom. The lowest BCUT2D eigenvalue weighted by Crippen LogP contribution is -2.05. The third kappa shape index (κ3) is 15.6. The summed E-state index contributed by atoms with van der Waals surface area (Å²) in [6, 6.07) is 0. The lowest BCUT2D eigenvalue weighted by Gasteiger charge is -2.02. The first-order chi connectivity index (χ1) is 4.63. The average Bonchev–Trinajstić information content (AvgIpc) is 1.89. The third-order valence-electron chi connectivity index (χ3n) is 0.620. The molecule has 0 saturated carbocycles. The Morgan fingerprint density at radius 1 is 1.50 bits per heavy atom. The maximum atomic E-state index is 10.1. The number of esters is 1. The molecule has 60 valence electrons. The van der Waals surface area contributed by atoms with E-state index in [9.17, 15) is 4.79 Å². The van der Waals surface area contributed by atoms with Crippen LogP contribution in [0.1, 0.15) is 20.8 Å². The van der Waals surface area contributed by atoms with Crippen LogP contribution < -0.4 is 0 Å². The molecule has 0 saturated heterocycles. The topological polar surface area (TPSA) is 43.4 Å². The molecule has 0 N–H and O–H groups in total. The first-order valence-electron chi connectivity index (χ1n) is 3.00. The molecule has 0 aromatic rings. The molecule has 4 heteroatoms. The lowest BCUT2D eigenvalue weighted by molar-refractivity contribution is -0.141. The maximum Gasteiger partial charge on any atom is 0.310 e. The summed E-state index contributed by atoms with van der Waals surface area (Å²) in [7, 11) is 1.17. The molecule has 3 nitrogen and oxygen atoms in total. The van der Waals surface area contributed by atoms with Crippen LogP contribution in [0.5, 0.6) is 0 Å². The summed E-state index contributed by atoms with van der Waals surface area (Å²) in [4.78, 5) is 10.1. The van der Waals surface area contributed by atoms with Crippen molar-refractivity contribution in [1.82, 2.24) is 0 Å². The molecular weight excluding hydrogens is 151 g/mol. The van der Waals surface area contributed by atoms with Gasteiger partial charge in [-0.2, -0.15) is 0 Å². The van der Waals surface area contributed by atoms with E-state index >= 15 is 0 Å². The molecule has 0 aromatic heterocycles. The average molecular weight is 165 g/mol. The fourth-order valence-corrected chi connectivity index (χ4v) is 0.284. The summed E-state index contributed by atoms with van der Waals surface area (Å²) in [5, 5.41) is 0. The van der Waals surface area contributed by atoms with Crippen LogP contribution >= 0.6 is 9.12 Å². The minimum absolute atomic E-state index is 0.196. The SMILES string of the molecule is CC(=O)OCC(C)C.O=[PH2+]. The van der Waals surface area contributed by atoms with Crippen LogP contribution in [0.3, 0.4) is 0 Å². The van der Waals surface area contributed by atoms with E-state index in [1.165, 1.54) is 16.0 Å². The smallest absolute Gasteiger partial charge is 0.310 e. The van der Waals surface area contributed by atoms with Gasteiger partial charge in [0.1, 0.15) is 0 Å². The van der Waals surface area contributed by atoms with Crippen molar-refractivity contribution in [2.45, 2.75) is 20.8 Å². The second-order valence-corrected chi connectivity index (χ2v) is 2.20. The molecule has 0 aliphatic carbocycles. The zero-order valence-corrected chi connectivity index (χ0v) is 7.74. The third-order valence-corrected chi connectivity index (χ3v) is 0.620. The predicted octanol–water partition coefficient (Wildman–Crippen LogP) is 1.41. The van der Waals surface area contributed by atoms with E-state index in [0.717, 1.165) is 0 Å². The van der Waals surface area contributed by atoms with E-state index in [1.807, 2.05) is 13.8 Å². The highest BCUT2D eigenvalue weighted by Crippen LogP contribution is 1.91. The van der Waals surface area contributed by atoms with Crippen LogP contribution in [-0.2, 0) is 14.1 Å². The van der Waals surface area contributed by atoms with E-state index in [1.54, 1.807) is 0 Å². The second kappa shape index (κ2) is 8.57. The van der Waals surface area contributed by atoms with Crippen LogP contribution in [0.4, 0.5) is 0 Å². The summed E-state index contributed by atoms with van der Waals surface area (Å²) in [6.07, 6.45) is 0. The maximum absolute atomic E-state index is 10.1. The van der Waals surface area contributed by atoms with Gasteiger partial charge in [0.2, 0.25) is 0 Å². The zero-order valence-electron chi connectivity index (χ0n) is 6.59. The van der Waals surface area contributed by atoms with Crippen LogP contribution in [0.2, 0.25) is 0 Å². The largest absolute Gasteiger partial charge is 0.466 e. The number of hydrogen-bond acceptors (Lipinski definition) is 3. The standard InChI is InChI=1S/C6H12O2.H2OP/c1-5(2)4-8-6(3)7;1-2/h5H,4H2,1-3H3;2H2/q;+1. The van der Waals surface area contributed by atoms with Crippen LogP contribution in [0.25, 0.3) is 0 Å². The Balaban J connectivity index is 0. The van der Waals surface area contributed by atoms with Crippen LogP contribution in [-0.4, -0.2) is 12.6 Å². The van der Waals surface area contributed by atoms with Gasteiger partial charge in [0.05, 0.1) is 6.61 Å². The van der Waals surface area contributed by atoms with Crippen molar-refractivity contribution in [2.24, 2.45) is 5.92 Å². The molecule has 0 rings (SSSR count). The normalized spacial score (nSPS) is 8.00. The lowest BCUT2D eigenvalue weighted by atomic mass is 10.2. The molecule has 0 bridgehead atoms. The van der Waals surface area contributed by atoms with Crippen molar-refractivity contribution >= 4 is 15.1 Å². The monoisotopic (exact) mass is 165 g/mol. The van der Waals surface area contributed by atoms with Crippen LogP contribution in [0, 0.1) is 5.92 Å². The van der Waals surface area contributed by atoms with Crippen molar-refractivity contribution in [3.8, 4) is 0 Å². The summed E-state index contributed by atoms with van der Waals surface area (Å²) >= 11 is 0. The molecular formula is C6H14O3P+. The number of carbonyl (C=O) groups is 1. The highest BCUT2D eigenvalue weighted by Gasteiger charge is 1.94. The molecule has 0 aliphatic rings. The molecule has 0 amide bonds. The first-order valence-corrected chi connectivity index (χ1v) is 3.47. The van der Waals surface area contributed by atoms with Gasteiger partial charge < -0.3 is 4.74 Å². The molecule has 0 radical (unpaired) electrons. The van der Waals surface area contributed by atoms with Crippen molar-refractivity contribution < 1.29 is 14.1 Å². The molecule has 0 heterocycles. The number of ether oxygens (including phenoxy) is 1. The summed E-state index contributed by atoms with van der Waals surface area (Å²) in [5.41, 5.74) is 0. The van der Waals surface area contributed by atoms with E-state index in [2.05, 4.69) is 4.74 Å². The minimum atomic E-state index is -0.196. The Labute approximate surface area is 63.4 Å². The van der Waals surface area contributed by atoms with Gasteiger partial charge in [-0.15, -0.1) is 0 Å². The molecule has 0 spiro atoms. The quantitative estimate of drug-likeness (QED) is 0.459. The molecule has 1 unspecified atom stereocenters. The van der Waals surface area contributed by atoms with E-state index < -0.39 is 0 Å². The molecule has 1 atom stereocenters. The number of rotatable bonds is 2. The minimum Gasteiger partial charge on any atom is -0.466 e. The number of carbonyl (C=O) groups excluding carboxylic acids is 1. The van der Waals surface area contributed by atoms with Gasteiger partial charge in [-0.1, -0.05) is 18.4 Å². The van der Waals surface area contributed by atoms with Gasteiger partial charge >= 0.3 is 15.1 Å². The Morgan fingerprint density at radius 3 is 2.00 bits per heavy atom. The van der Waals surface area contributed by atoms with Gasteiger partial charge in [0.25, 0.3) is 0 Å². The second-order valence-electron chi connectivity index (χ2n) is 2.20. The van der Waals surface area contributed by atoms with E-state index in [0.29, 0.717) is 12.5 Å². The molecule has 0 aliphatic heterocycles. The Kier molecular flexibility index (Phi) is 10.5. The van der Waals surface area contributed by atoms with Crippen molar-refractivity contribution in [3.63, 3.8) is 0 Å². The van der Waals surface area contributed by atoms with Crippen molar-refractivity contribution in [3.05, 3.63) is 0 Å². The van der Waals surface area contributed by atoms with Gasteiger partial charge in [0.15, 0.2) is 0 Å². The fourth-order valence-electron chi connectivity index (χ4n) is 0.284. The Bertz CT molecular complexity index is 93.0. The van der Waals surface area contributed by atoms with Crippen LogP contribution in [0.15, 0.2) is 0 Å². The molecule has 0 fully saturated rings. The van der Waals surface area contributed by atoms with E-state index in [-0.39, 0.29) is 5.97 Å². The van der Waals surface area contributed by atoms with Gasteiger partial charge in [0, 0.05) is 6.92 Å². The summed E-state index contributed by atoms with van der Waals surface area (Å²) < 4.78 is 12.8. The van der Waals surface area contributed by atoms with Gasteiger partial charge in [-0.25, -0.2) is 0 Å². The number of hydrogen-bond donors (Lipinski definition) is 0. The van der Waals surface area contributed by atoms with Crippen molar-refractivity contribution in [2.75, 3.05) is 6.61 Å². The first kappa shape index (κ1) is 12.3. The summed E-state index contributed by atoms with van der Waals surface area (Å²) in [5.74, 6) is 0.248. The molecule has 10 heavy (non-hydrogen) atoms. The Hall–Kier alpha value is -0.430. The van der Waals surface area contributed by atoms with Gasteiger partial charge in [-0.3, -0.25) is 4.79 Å².